The molecule has 0 aliphatic heterocycles. The van der Waals surface area contributed by atoms with Crippen LogP contribution >= 0.6 is 11.3 Å². The van der Waals surface area contributed by atoms with Crippen molar-refractivity contribution in [3.63, 3.8) is 0 Å². The first-order valence-corrected chi connectivity index (χ1v) is 3.05. The zero-order valence-corrected chi connectivity index (χ0v) is 5.18. The summed E-state index contributed by atoms with van der Waals surface area (Å²) in [4.78, 5) is 13.6. The van der Waals surface area contributed by atoms with Gasteiger partial charge in [-0.3, -0.25) is 4.79 Å². The standard InChI is InChI=1S/C5H2N2OS/c6-1-4-3-9-5(2-8)7-4/h2-3H. The number of hydrogen-bond donors (Lipinski definition) is 0. The van der Waals surface area contributed by atoms with Crippen molar-refractivity contribution in [2.75, 3.05) is 0 Å². The number of carbonyl (C=O) groups is 1. The van der Waals surface area contributed by atoms with Crippen molar-refractivity contribution in [1.29, 1.82) is 5.26 Å². The monoisotopic (exact) mass is 138 g/mol. The summed E-state index contributed by atoms with van der Waals surface area (Å²) in [6, 6.07) is 1.82. The van der Waals surface area contributed by atoms with E-state index in [0.29, 0.717) is 17.0 Å². The van der Waals surface area contributed by atoms with E-state index in [0.717, 1.165) is 0 Å². The second kappa shape index (κ2) is 2.37. The van der Waals surface area contributed by atoms with Gasteiger partial charge in [-0.05, 0) is 0 Å². The molecule has 1 aromatic heterocycles. The quantitative estimate of drug-likeness (QED) is 0.540. The molecule has 1 rings (SSSR count). The summed E-state index contributed by atoms with van der Waals surface area (Å²) in [5.41, 5.74) is 0.308. The van der Waals surface area contributed by atoms with Crippen molar-refractivity contribution < 1.29 is 4.79 Å². The molecule has 0 spiro atoms. The number of rotatable bonds is 1. The molecule has 0 bridgehead atoms. The van der Waals surface area contributed by atoms with E-state index in [1.807, 2.05) is 6.07 Å². The largest absolute Gasteiger partial charge is 0.295 e. The van der Waals surface area contributed by atoms with E-state index in [1.165, 1.54) is 11.3 Å². The van der Waals surface area contributed by atoms with E-state index in [2.05, 4.69) is 4.98 Å². The summed E-state index contributed by atoms with van der Waals surface area (Å²) in [5, 5.41) is 10.1. The summed E-state index contributed by atoms with van der Waals surface area (Å²) in [6.07, 6.45) is 0.630. The van der Waals surface area contributed by atoms with Crippen molar-refractivity contribution in [3.05, 3.63) is 16.1 Å². The van der Waals surface area contributed by atoms with Gasteiger partial charge in [0.25, 0.3) is 0 Å². The summed E-state index contributed by atoms with van der Waals surface area (Å²) in [5.74, 6) is 0. The number of aromatic nitrogens is 1. The number of nitriles is 1. The fraction of sp³-hybridized carbons (Fsp3) is 0. The Morgan fingerprint density at radius 2 is 2.67 bits per heavy atom. The molecule has 0 aliphatic rings. The van der Waals surface area contributed by atoms with Gasteiger partial charge in [0, 0.05) is 5.38 Å². The van der Waals surface area contributed by atoms with Gasteiger partial charge in [0.1, 0.15) is 6.07 Å². The third kappa shape index (κ3) is 1.12. The van der Waals surface area contributed by atoms with Gasteiger partial charge in [-0.15, -0.1) is 11.3 Å². The molecule has 0 aliphatic carbocycles. The molecule has 9 heavy (non-hydrogen) atoms. The zero-order chi connectivity index (χ0) is 6.69. The smallest absolute Gasteiger partial charge is 0.178 e. The Morgan fingerprint density at radius 3 is 3.00 bits per heavy atom. The Bertz CT molecular complexity index is 260. The van der Waals surface area contributed by atoms with Gasteiger partial charge in [0.15, 0.2) is 17.0 Å². The highest BCUT2D eigenvalue weighted by molar-refractivity contribution is 7.11. The van der Waals surface area contributed by atoms with Gasteiger partial charge in [-0.1, -0.05) is 0 Å². The average Bonchev–Trinajstić information content (AvgIpc) is 2.34. The van der Waals surface area contributed by atoms with Crippen LogP contribution in [0.2, 0.25) is 0 Å². The minimum absolute atomic E-state index is 0.308. The summed E-state index contributed by atoms with van der Waals surface area (Å²) < 4.78 is 0. The molecule has 0 saturated heterocycles. The summed E-state index contributed by atoms with van der Waals surface area (Å²) in [7, 11) is 0. The topological polar surface area (TPSA) is 53.8 Å². The first-order chi connectivity index (χ1) is 4.36. The first kappa shape index (κ1) is 5.92. The molecule has 0 unspecified atom stereocenters. The lowest BCUT2D eigenvalue weighted by molar-refractivity contribution is 0.112. The molecule has 44 valence electrons. The maximum absolute atomic E-state index is 9.97. The number of nitrogens with zero attached hydrogens (tertiary/aromatic N) is 2. The lowest BCUT2D eigenvalue weighted by Crippen LogP contribution is -1.76. The molecule has 0 N–H and O–H groups in total. The number of carbonyl (C=O) groups excluding carboxylic acids is 1. The van der Waals surface area contributed by atoms with Crippen molar-refractivity contribution in [2.45, 2.75) is 0 Å². The van der Waals surface area contributed by atoms with Crippen LogP contribution in [-0.2, 0) is 0 Å². The molecule has 0 aromatic carbocycles. The zero-order valence-electron chi connectivity index (χ0n) is 4.37. The molecule has 0 amide bonds. The highest BCUT2D eigenvalue weighted by atomic mass is 32.1. The van der Waals surface area contributed by atoms with Crippen molar-refractivity contribution in [2.24, 2.45) is 0 Å². The molecule has 0 saturated carbocycles. The van der Waals surface area contributed by atoms with E-state index in [9.17, 15) is 4.79 Å². The molecule has 1 heterocycles. The van der Waals surface area contributed by atoms with E-state index >= 15 is 0 Å². The van der Waals surface area contributed by atoms with Crippen LogP contribution in [0.3, 0.4) is 0 Å². The van der Waals surface area contributed by atoms with Crippen molar-refractivity contribution in [3.8, 4) is 6.07 Å². The summed E-state index contributed by atoms with van der Waals surface area (Å²) >= 11 is 1.17. The summed E-state index contributed by atoms with van der Waals surface area (Å²) in [6.45, 7) is 0. The van der Waals surface area contributed by atoms with Crippen molar-refractivity contribution in [1.82, 2.24) is 4.98 Å². The van der Waals surface area contributed by atoms with E-state index in [4.69, 9.17) is 5.26 Å². The predicted molar refractivity (Wildman–Crippen MR) is 32.2 cm³/mol. The molecule has 0 fully saturated rings. The van der Waals surface area contributed by atoms with Gasteiger partial charge >= 0.3 is 0 Å². The lowest BCUT2D eigenvalue weighted by atomic mass is 10.6. The number of aldehydes is 1. The van der Waals surface area contributed by atoms with Crippen LogP contribution in [0, 0.1) is 11.3 Å². The molecule has 3 nitrogen and oxygen atoms in total. The van der Waals surface area contributed by atoms with Crippen LogP contribution in [0.25, 0.3) is 0 Å². The Labute approximate surface area is 55.6 Å². The predicted octanol–water partition coefficient (Wildman–Crippen LogP) is 0.827. The second-order valence-corrected chi connectivity index (χ2v) is 2.19. The van der Waals surface area contributed by atoms with Gasteiger partial charge in [0.2, 0.25) is 0 Å². The van der Waals surface area contributed by atoms with E-state index < -0.39 is 0 Å². The maximum atomic E-state index is 9.97. The minimum Gasteiger partial charge on any atom is -0.295 e. The van der Waals surface area contributed by atoms with Crippen LogP contribution in [0.4, 0.5) is 0 Å². The third-order valence-electron chi connectivity index (χ3n) is 0.737. The van der Waals surface area contributed by atoms with Gasteiger partial charge in [-0.2, -0.15) is 5.26 Å². The van der Waals surface area contributed by atoms with Crippen LogP contribution in [0.15, 0.2) is 5.38 Å². The average molecular weight is 138 g/mol. The highest BCUT2D eigenvalue weighted by Gasteiger charge is 1.96. The van der Waals surface area contributed by atoms with Crippen molar-refractivity contribution >= 4 is 17.6 Å². The normalized spacial score (nSPS) is 8.33. The van der Waals surface area contributed by atoms with Gasteiger partial charge in [0.05, 0.1) is 0 Å². The fourth-order valence-electron chi connectivity index (χ4n) is 0.393. The van der Waals surface area contributed by atoms with Crippen LogP contribution in [0.1, 0.15) is 15.5 Å². The number of thiazole rings is 1. The van der Waals surface area contributed by atoms with Crippen LogP contribution in [-0.4, -0.2) is 11.3 Å². The maximum Gasteiger partial charge on any atom is 0.178 e. The molecule has 1 aromatic rings. The Kier molecular flexibility index (Phi) is 1.56. The molecule has 4 heteroatoms. The fourth-order valence-corrected chi connectivity index (χ4v) is 0.937. The lowest BCUT2D eigenvalue weighted by Gasteiger charge is -1.68. The number of hydrogen-bond acceptors (Lipinski definition) is 4. The molecular formula is C5H2N2OS. The highest BCUT2D eigenvalue weighted by Crippen LogP contribution is 2.04. The van der Waals surface area contributed by atoms with Gasteiger partial charge < -0.3 is 0 Å². The Balaban J connectivity index is 3.03. The molecule has 0 atom stereocenters. The molecular weight excluding hydrogens is 136 g/mol. The second-order valence-electron chi connectivity index (χ2n) is 1.30. The first-order valence-electron chi connectivity index (χ1n) is 2.17. The molecule has 0 radical (unpaired) electrons. The Hall–Kier alpha value is -1.21. The van der Waals surface area contributed by atoms with Gasteiger partial charge in [-0.25, -0.2) is 4.98 Å². The van der Waals surface area contributed by atoms with E-state index in [-0.39, 0.29) is 0 Å². The Morgan fingerprint density at radius 1 is 1.89 bits per heavy atom. The van der Waals surface area contributed by atoms with Crippen LogP contribution < -0.4 is 0 Å². The van der Waals surface area contributed by atoms with E-state index in [1.54, 1.807) is 5.38 Å². The van der Waals surface area contributed by atoms with Crippen LogP contribution in [0.5, 0.6) is 0 Å². The third-order valence-corrected chi connectivity index (χ3v) is 1.51. The SMILES string of the molecule is N#Cc1csc(C=O)n1. The minimum atomic E-state index is 0.308.